The molecule has 2 aromatic carbocycles. The highest BCUT2D eigenvalue weighted by Gasteiger charge is 2.34. The molecule has 4 rings (SSSR count). The number of benzene rings is 2. The van der Waals surface area contributed by atoms with E-state index in [0.717, 1.165) is 12.0 Å². The summed E-state index contributed by atoms with van der Waals surface area (Å²) in [6.07, 6.45) is 1.46. The van der Waals surface area contributed by atoms with E-state index in [1.165, 1.54) is 23.5 Å². The Morgan fingerprint density at radius 1 is 1.23 bits per heavy atom. The molecule has 9 heteroatoms. The number of anilines is 1. The molecule has 3 aromatic rings. The van der Waals surface area contributed by atoms with Crippen molar-refractivity contribution in [2.75, 3.05) is 19.0 Å². The summed E-state index contributed by atoms with van der Waals surface area (Å²) in [4.78, 5) is 27.2. The van der Waals surface area contributed by atoms with Crippen LogP contribution >= 0.6 is 11.3 Å². The van der Waals surface area contributed by atoms with Gasteiger partial charge in [0.2, 0.25) is 16.9 Å². The summed E-state index contributed by atoms with van der Waals surface area (Å²) in [5.41, 5.74) is 1.55. The summed E-state index contributed by atoms with van der Waals surface area (Å²) in [6, 6.07) is 12.7. The van der Waals surface area contributed by atoms with Gasteiger partial charge in [-0.15, -0.1) is 10.2 Å². The van der Waals surface area contributed by atoms with Crippen molar-refractivity contribution in [3.05, 3.63) is 59.9 Å². The molecule has 2 heterocycles. The number of carbonyl (C=O) groups excluding carboxylic acids is 2. The Morgan fingerprint density at radius 2 is 2.03 bits per heavy atom. The molecule has 0 radical (unpaired) electrons. The second-order valence-electron chi connectivity index (χ2n) is 7.18. The predicted octanol–water partition coefficient (Wildman–Crippen LogP) is 3.53. The quantitative estimate of drug-likeness (QED) is 0.634. The van der Waals surface area contributed by atoms with Crippen LogP contribution in [0, 0.1) is 5.82 Å². The maximum absolute atomic E-state index is 13.1. The molecule has 160 valence electrons. The third-order valence-corrected chi connectivity index (χ3v) is 6.00. The van der Waals surface area contributed by atoms with E-state index in [1.807, 2.05) is 24.3 Å². The molecule has 31 heavy (non-hydrogen) atoms. The summed E-state index contributed by atoms with van der Waals surface area (Å²) >= 11 is 1.26. The van der Waals surface area contributed by atoms with E-state index in [2.05, 4.69) is 15.5 Å². The molecule has 1 aliphatic heterocycles. The van der Waals surface area contributed by atoms with Crippen LogP contribution in [0.25, 0.3) is 10.6 Å². The number of methoxy groups -OCH3 is 1. The van der Waals surface area contributed by atoms with Gasteiger partial charge in [-0.25, -0.2) is 4.39 Å². The molecule has 1 fully saturated rings. The van der Waals surface area contributed by atoms with Gasteiger partial charge in [0.1, 0.15) is 22.6 Å². The van der Waals surface area contributed by atoms with E-state index >= 15 is 0 Å². The van der Waals surface area contributed by atoms with E-state index in [4.69, 9.17) is 4.74 Å². The lowest BCUT2D eigenvalue weighted by Gasteiger charge is -2.23. The number of amides is 2. The van der Waals surface area contributed by atoms with Crippen LogP contribution in [0.4, 0.5) is 9.52 Å². The highest BCUT2D eigenvalue weighted by atomic mass is 32.1. The van der Waals surface area contributed by atoms with Crippen LogP contribution in [0.5, 0.6) is 5.75 Å². The smallest absolute Gasteiger partial charge is 0.249 e. The first-order valence-electron chi connectivity index (χ1n) is 9.86. The fourth-order valence-electron chi connectivity index (χ4n) is 3.55. The molecule has 1 atom stereocenters. The van der Waals surface area contributed by atoms with Crippen LogP contribution in [-0.2, 0) is 16.0 Å². The van der Waals surface area contributed by atoms with Crippen molar-refractivity contribution in [1.29, 1.82) is 0 Å². The third kappa shape index (κ3) is 4.88. The molecular formula is C22H21FN4O3S. The first-order valence-corrected chi connectivity index (χ1v) is 10.7. The average Bonchev–Trinajstić information content (AvgIpc) is 3.45. The van der Waals surface area contributed by atoms with Crippen molar-refractivity contribution in [1.82, 2.24) is 15.1 Å². The zero-order valence-electron chi connectivity index (χ0n) is 16.9. The fourth-order valence-corrected chi connectivity index (χ4v) is 4.29. The predicted molar refractivity (Wildman–Crippen MR) is 115 cm³/mol. The molecular weight excluding hydrogens is 419 g/mol. The third-order valence-electron chi connectivity index (χ3n) is 5.12. The minimum Gasteiger partial charge on any atom is -0.497 e. The lowest BCUT2D eigenvalue weighted by molar-refractivity contribution is -0.136. The van der Waals surface area contributed by atoms with Gasteiger partial charge in [-0.05, 0) is 42.7 Å². The molecule has 0 aliphatic carbocycles. The number of nitrogens with zero attached hydrogens (tertiary/aromatic N) is 3. The Kier molecular flexibility index (Phi) is 6.22. The molecule has 1 aromatic heterocycles. The molecule has 0 saturated carbocycles. The summed E-state index contributed by atoms with van der Waals surface area (Å²) in [5, 5.41) is 12.0. The van der Waals surface area contributed by atoms with Crippen molar-refractivity contribution in [2.45, 2.75) is 25.3 Å². The van der Waals surface area contributed by atoms with Gasteiger partial charge in [-0.3, -0.25) is 14.9 Å². The summed E-state index contributed by atoms with van der Waals surface area (Å²) < 4.78 is 18.3. The number of halogens is 1. The molecule has 7 nitrogen and oxygen atoms in total. The largest absolute Gasteiger partial charge is 0.497 e. The summed E-state index contributed by atoms with van der Waals surface area (Å²) in [7, 11) is 1.59. The van der Waals surface area contributed by atoms with Crippen molar-refractivity contribution in [3.63, 3.8) is 0 Å². The maximum Gasteiger partial charge on any atom is 0.249 e. The Hall–Kier alpha value is -3.33. The lowest BCUT2D eigenvalue weighted by atomic mass is 10.1. The second-order valence-corrected chi connectivity index (χ2v) is 8.16. The number of hydrogen-bond acceptors (Lipinski definition) is 6. The first kappa shape index (κ1) is 20.9. The Bertz CT molecular complexity index is 1090. The van der Waals surface area contributed by atoms with Crippen molar-refractivity contribution >= 4 is 28.3 Å². The van der Waals surface area contributed by atoms with E-state index in [1.54, 1.807) is 24.1 Å². The first-order chi connectivity index (χ1) is 15.0. The van der Waals surface area contributed by atoms with Gasteiger partial charge < -0.3 is 9.64 Å². The zero-order valence-corrected chi connectivity index (χ0v) is 17.7. The van der Waals surface area contributed by atoms with Crippen LogP contribution in [0.3, 0.4) is 0 Å². The monoisotopic (exact) mass is 440 g/mol. The van der Waals surface area contributed by atoms with Gasteiger partial charge in [-0.2, -0.15) is 0 Å². The molecule has 0 bridgehead atoms. The van der Waals surface area contributed by atoms with Gasteiger partial charge in [-0.1, -0.05) is 35.6 Å². The van der Waals surface area contributed by atoms with Gasteiger partial charge >= 0.3 is 0 Å². The maximum atomic E-state index is 13.1. The number of likely N-dealkylation sites (tertiary alicyclic amines) is 1. The van der Waals surface area contributed by atoms with Crippen LogP contribution < -0.4 is 10.1 Å². The highest BCUT2D eigenvalue weighted by molar-refractivity contribution is 7.18. The van der Waals surface area contributed by atoms with Crippen LogP contribution in [-0.4, -0.2) is 46.6 Å². The minimum atomic E-state index is -0.558. The van der Waals surface area contributed by atoms with Crippen LogP contribution in [0.1, 0.15) is 18.4 Å². The fraction of sp³-hybridized carbons (Fsp3) is 0.273. The lowest BCUT2D eigenvalue weighted by Crippen LogP contribution is -2.43. The van der Waals surface area contributed by atoms with Crippen molar-refractivity contribution in [3.8, 4) is 16.3 Å². The van der Waals surface area contributed by atoms with E-state index in [9.17, 15) is 14.0 Å². The molecule has 2 amide bonds. The van der Waals surface area contributed by atoms with Crippen LogP contribution in [0.15, 0.2) is 48.5 Å². The Balaban J connectivity index is 1.41. The minimum absolute atomic E-state index is 0.128. The highest BCUT2D eigenvalue weighted by Crippen LogP contribution is 2.29. The number of hydrogen-bond donors (Lipinski definition) is 1. The Morgan fingerprint density at radius 3 is 2.81 bits per heavy atom. The number of aromatic nitrogens is 2. The molecule has 1 aliphatic rings. The SMILES string of the molecule is COc1cccc(-c2nnc(NC(=O)C3CCCN3C(=O)Cc3ccc(F)cc3)s2)c1. The van der Waals surface area contributed by atoms with Crippen molar-refractivity contribution < 1.29 is 18.7 Å². The summed E-state index contributed by atoms with van der Waals surface area (Å²) in [6.45, 7) is 0.517. The van der Waals surface area contributed by atoms with Gasteiger partial charge in [0.05, 0.1) is 13.5 Å². The van der Waals surface area contributed by atoms with Gasteiger partial charge in [0.25, 0.3) is 0 Å². The molecule has 1 saturated heterocycles. The molecule has 1 unspecified atom stereocenters. The van der Waals surface area contributed by atoms with Crippen molar-refractivity contribution in [2.24, 2.45) is 0 Å². The normalized spacial score (nSPS) is 15.7. The number of carbonyl (C=O) groups is 2. The number of ether oxygens (including phenoxy) is 1. The molecule has 1 N–H and O–H groups in total. The standard InChI is InChI=1S/C22H21FN4O3S/c1-30-17-5-2-4-15(13-17)21-25-26-22(31-21)24-20(29)18-6-3-11-27(18)19(28)12-14-7-9-16(23)10-8-14/h2,4-5,7-10,13,18H,3,6,11-12H2,1H3,(H,24,26,29). The number of rotatable bonds is 6. The Labute approximate surface area is 182 Å². The summed E-state index contributed by atoms with van der Waals surface area (Å²) in [5.74, 6) is -0.0727. The van der Waals surface area contributed by atoms with E-state index in [0.29, 0.717) is 34.4 Å². The number of nitrogens with one attached hydrogen (secondary N) is 1. The van der Waals surface area contributed by atoms with Gasteiger partial charge in [0.15, 0.2) is 0 Å². The second kappa shape index (κ2) is 9.22. The van der Waals surface area contributed by atoms with Crippen LogP contribution in [0.2, 0.25) is 0 Å². The average molecular weight is 441 g/mol. The van der Waals surface area contributed by atoms with Gasteiger partial charge in [0, 0.05) is 12.1 Å². The zero-order chi connectivity index (χ0) is 21.8. The molecule has 0 spiro atoms. The van der Waals surface area contributed by atoms with E-state index in [-0.39, 0.29) is 24.1 Å². The van der Waals surface area contributed by atoms with E-state index < -0.39 is 6.04 Å². The topological polar surface area (TPSA) is 84.4 Å².